The van der Waals surface area contributed by atoms with Crippen LogP contribution in [0, 0.1) is 23.0 Å². The fourth-order valence-electron chi connectivity index (χ4n) is 3.57. The van der Waals surface area contributed by atoms with Crippen molar-refractivity contribution in [1.82, 2.24) is 9.88 Å². The van der Waals surface area contributed by atoms with Gasteiger partial charge in [-0.05, 0) is 41.8 Å². The van der Waals surface area contributed by atoms with Crippen molar-refractivity contribution in [1.29, 1.82) is 5.26 Å². The predicted octanol–water partition coefficient (Wildman–Crippen LogP) is 3.41. The number of ether oxygens (including phenoxy) is 1. The zero-order valence-electron chi connectivity index (χ0n) is 15.8. The first-order chi connectivity index (χ1) is 14.4. The molecule has 7 nitrogen and oxygen atoms in total. The Balaban J connectivity index is 1.71. The maximum absolute atomic E-state index is 13.9. The van der Waals surface area contributed by atoms with Crippen LogP contribution in [0.3, 0.4) is 0 Å². The van der Waals surface area contributed by atoms with E-state index in [2.05, 4.69) is 10.3 Å². The van der Waals surface area contributed by atoms with Gasteiger partial charge in [-0.2, -0.15) is 5.26 Å². The number of rotatable bonds is 2. The van der Waals surface area contributed by atoms with Crippen LogP contribution >= 0.6 is 0 Å². The molecule has 2 aromatic carbocycles. The number of hydrogen-bond acceptors (Lipinski definition) is 4. The molecule has 152 valence electrons. The molecular weight excluding hydrogens is 394 g/mol. The third-order valence-corrected chi connectivity index (χ3v) is 5.09. The number of aromatic amines is 1. The number of H-pyrrole nitrogens is 1. The number of benzene rings is 2. The molecule has 0 aliphatic carbocycles. The standard InChI is InChI=1S/C21H16F2N4O3/c1-27(21(29)25-13-3-5-16(23)11(6-13)8-24)18-10-30-9-17-19(18)15-7-12(22)2-4-14(15)20(28)26-17/h2-7,18H,9-10H2,1H3,(H,25,29)(H,26,28). The summed E-state index contributed by atoms with van der Waals surface area (Å²) in [7, 11) is 1.53. The number of aromatic nitrogens is 1. The van der Waals surface area contributed by atoms with Crippen LogP contribution in [0.15, 0.2) is 41.2 Å². The first-order valence-corrected chi connectivity index (χ1v) is 9.04. The first kappa shape index (κ1) is 19.5. The average Bonchev–Trinajstić information content (AvgIpc) is 2.73. The van der Waals surface area contributed by atoms with Gasteiger partial charge in [0, 0.05) is 29.4 Å². The molecule has 0 fully saturated rings. The normalized spacial score (nSPS) is 15.3. The van der Waals surface area contributed by atoms with E-state index in [-0.39, 0.29) is 30.0 Å². The van der Waals surface area contributed by atoms with Crippen LogP contribution in [0.4, 0.5) is 19.3 Å². The van der Waals surface area contributed by atoms with Gasteiger partial charge in [0.05, 0.1) is 24.8 Å². The largest absolute Gasteiger partial charge is 0.373 e. The summed E-state index contributed by atoms with van der Waals surface area (Å²) in [6, 6.07) is 8.11. The number of nitrogens with one attached hydrogen (secondary N) is 2. The minimum Gasteiger partial charge on any atom is -0.373 e. The Morgan fingerprint density at radius 3 is 2.83 bits per heavy atom. The second-order valence-electron chi connectivity index (χ2n) is 6.91. The number of carbonyl (C=O) groups excluding carboxylic acids is 1. The molecule has 0 bridgehead atoms. The fourth-order valence-corrected chi connectivity index (χ4v) is 3.57. The first-order valence-electron chi connectivity index (χ1n) is 9.04. The number of anilines is 1. The Morgan fingerprint density at radius 2 is 2.07 bits per heavy atom. The van der Waals surface area contributed by atoms with E-state index >= 15 is 0 Å². The molecule has 4 rings (SSSR count). The number of nitrogens with zero attached hydrogens (tertiary/aromatic N) is 2. The molecule has 2 N–H and O–H groups in total. The lowest BCUT2D eigenvalue weighted by Crippen LogP contribution is -2.39. The highest BCUT2D eigenvalue weighted by molar-refractivity contribution is 5.91. The van der Waals surface area contributed by atoms with Gasteiger partial charge in [0.1, 0.15) is 17.7 Å². The van der Waals surface area contributed by atoms with E-state index in [1.807, 2.05) is 0 Å². The third-order valence-electron chi connectivity index (χ3n) is 5.09. The molecule has 1 aliphatic rings. The lowest BCUT2D eigenvalue weighted by molar-refractivity contribution is 0.0527. The number of nitriles is 1. The smallest absolute Gasteiger partial charge is 0.322 e. The van der Waals surface area contributed by atoms with Gasteiger partial charge in [-0.15, -0.1) is 0 Å². The molecule has 0 saturated carbocycles. The second kappa shape index (κ2) is 7.57. The van der Waals surface area contributed by atoms with Crippen molar-refractivity contribution in [3.63, 3.8) is 0 Å². The molecule has 0 saturated heterocycles. The summed E-state index contributed by atoms with van der Waals surface area (Å²) in [5.74, 6) is -1.18. The molecule has 1 unspecified atom stereocenters. The van der Waals surface area contributed by atoms with Crippen molar-refractivity contribution in [2.45, 2.75) is 12.6 Å². The zero-order chi connectivity index (χ0) is 21.4. The van der Waals surface area contributed by atoms with Crippen LogP contribution in [-0.4, -0.2) is 29.6 Å². The SMILES string of the molecule is CN(C(=O)Nc1ccc(F)c(C#N)c1)C1COCc2[nH]c(=O)c3ccc(F)cc3c21. The lowest BCUT2D eigenvalue weighted by Gasteiger charge is -2.33. The van der Waals surface area contributed by atoms with Gasteiger partial charge in [0.25, 0.3) is 5.56 Å². The highest BCUT2D eigenvalue weighted by Crippen LogP contribution is 2.33. The zero-order valence-corrected chi connectivity index (χ0v) is 15.8. The van der Waals surface area contributed by atoms with Crippen molar-refractivity contribution in [3.05, 3.63) is 75.2 Å². The Hall–Kier alpha value is -3.77. The molecule has 3 aromatic rings. The topological polar surface area (TPSA) is 98.2 Å². The third kappa shape index (κ3) is 3.38. The van der Waals surface area contributed by atoms with Crippen molar-refractivity contribution < 1.29 is 18.3 Å². The van der Waals surface area contributed by atoms with E-state index in [0.717, 1.165) is 6.07 Å². The summed E-state index contributed by atoms with van der Waals surface area (Å²) in [5.41, 5.74) is 0.766. The number of urea groups is 1. The number of likely N-dealkylation sites (N-methyl/N-ethyl adjacent to an activating group) is 1. The summed E-state index contributed by atoms with van der Waals surface area (Å²) in [4.78, 5) is 29.2. The Labute approximate surface area is 169 Å². The second-order valence-corrected chi connectivity index (χ2v) is 6.91. The summed E-state index contributed by atoms with van der Waals surface area (Å²) >= 11 is 0. The Bertz CT molecular complexity index is 1270. The van der Waals surface area contributed by atoms with Crippen LogP contribution in [0.1, 0.15) is 22.9 Å². The quantitative estimate of drug-likeness (QED) is 0.676. The Morgan fingerprint density at radius 1 is 1.27 bits per heavy atom. The van der Waals surface area contributed by atoms with Crippen LogP contribution in [0.2, 0.25) is 0 Å². The number of pyridine rings is 1. The van der Waals surface area contributed by atoms with Crippen LogP contribution in [0.5, 0.6) is 0 Å². The summed E-state index contributed by atoms with van der Waals surface area (Å²) in [6.45, 7) is 0.272. The molecule has 1 atom stereocenters. The van der Waals surface area contributed by atoms with Gasteiger partial charge in [-0.1, -0.05) is 0 Å². The molecule has 2 heterocycles. The summed E-state index contributed by atoms with van der Waals surface area (Å²) in [6.07, 6.45) is 0. The van der Waals surface area contributed by atoms with E-state index in [1.54, 1.807) is 6.07 Å². The number of amides is 2. The molecule has 1 aromatic heterocycles. The van der Waals surface area contributed by atoms with Gasteiger partial charge < -0.3 is 19.9 Å². The van der Waals surface area contributed by atoms with Gasteiger partial charge in [-0.25, -0.2) is 13.6 Å². The van der Waals surface area contributed by atoms with E-state index in [9.17, 15) is 18.4 Å². The fraction of sp³-hybridized carbons (Fsp3) is 0.190. The van der Waals surface area contributed by atoms with Gasteiger partial charge >= 0.3 is 6.03 Å². The van der Waals surface area contributed by atoms with Gasteiger partial charge in [-0.3, -0.25) is 4.79 Å². The number of fused-ring (bicyclic) bond motifs is 3. The molecule has 9 heteroatoms. The Kier molecular flexibility index (Phi) is 4.93. The van der Waals surface area contributed by atoms with Gasteiger partial charge in [0.15, 0.2) is 0 Å². The molecule has 1 aliphatic heterocycles. The minimum atomic E-state index is -0.684. The van der Waals surface area contributed by atoms with Crippen LogP contribution in [0.25, 0.3) is 10.8 Å². The summed E-state index contributed by atoms with van der Waals surface area (Å²) < 4.78 is 33.0. The highest BCUT2D eigenvalue weighted by atomic mass is 19.1. The molecule has 2 amide bonds. The van der Waals surface area contributed by atoms with Crippen LogP contribution in [-0.2, 0) is 11.3 Å². The predicted molar refractivity (Wildman–Crippen MR) is 105 cm³/mol. The van der Waals surface area contributed by atoms with E-state index in [4.69, 9.17) is 10.00 Å². The maximum Gasteiger partial charge on any atom is 0.322 e. The van der Waals surface area contributed by atoms with Crippen molar-refractivity contribution in [3.8, 4) is 6.07 Å². The number of hydrogen-bond donors (Lipinski definition) is 2. The molecule has 0 radical (unpaired) electrons. The molecule has 30 heavy (non-hydrogen) atoms. The lowest BCUT2D eigenvalue weighted by atomic mass is 9.96. The highest BCUT2D eigenvalue weighted by Gasteiger charge is 2.30. The monoisotopic (exact) mass is 410 g/mol. The van der Waals surface area contributed by atoms with E-state index < -0.39 is 23.7 Å². The van der Waals surface area contributed by atoms with E-state index in [1.165, 1.54) is 42.3 Å². The molecular formula is C21H16F2N4O3. The average molecular weight is 410 g/mol. The van der Waals surface area contributed by atoms with Crippen molar-refractivity contribution in [2.75, 3.05) is 19.0 Å². The maximum atomic E-state index is 13.9. The van der Waals surface area contributed by atoms with Gasteiger partial charge in [0.2, 0.25) is 0 Å². The van der Waals surface area contributed by atoms with Crippen molar-refractivity contribution in [2.24, 2.45) is 0 Å². The molecule has 0 spiro atoms. The van der Waals surface area contributed by atoms with Crippen molar-refractivity contribution >= 4 is 22.5 Å². The minimum absolute atomic E-state index is 0.131. The number of halogens is 2. The van der Waals surface area contributed by atoms with E-state index in [0.29, 0.717) is 22.0 Å². The number of carbonyl (C=O) groups is 1. The van der Waals surface area contributed by atoms with Crippen LogP contribution < -0.4 is 10.9 Å². The summed E-state index contributed by atoms with van der Waals surface area (Å²) in [5, 5.41) is 12.3.